The first kappa shape index (κ1) is 23.9. The van der Waals surface area contributed by atoms with E-state index < -0.39 is 37.3 Å². The van der Waals surface area contributed by atoms with Crippen molar-refractivity contribution in [3.05, 3.63) is 53.6 Å². The predicted molar refractivity (Wildman–Crippen MR) is 119 cm³/mol. The first-order chi connectivity index (χ1) is 15.9. The molecular formula is C25H32O8. The first-order valence-corrected chi connectivity index (χ1v) is 11.5. The van der Waals surface area contributed by atoms with Crippen molar-refractivity contribution in [3.63, 3.8) is 0 Å². The van der Waals surface area contributed by atoms with Crippen molar-refractivity contribution in [2.24, 2.45) is 0 Å². The van der Waals surface area contributed by atoms with Gasteiger partial charge >= 0.3 is 0 Å². The number of benzene rings is 2. The van der Waals surface area contributed by atoms with E-state index in [1.165, 1.54) is 5.56 Å². The van der Waals surface area contributed by atoms with E-state index in [0.717, 1.165) is 24.8 Å². The van der Waals surface area contributed by atoms with Crippen LogP contribution in [0.15, 0.2) is 42.5 Å². The zero-order chi connectivity index (χ0) is 23.4. The summed E-state index contributed by atoms with van der Waals surface area (Å²) in [4.78, 5) is 0. The molecule has 180 valence electrons. The number of fused-ring (bicyclic) bond motifs is 8. The molecule has 2 aromatic carbocycles. The number of phenolic OH excluding ortho intramolecular Hbond substituents is 1. The second-order valence-electron chi connectivity index (χ2n) is 8.79. The summed E-state index contributed by atoms with van der Waals surface area (Å²) < 4.78 is 17.5. The third kappa shape index (κ3) is 5.84. The van der Waals surface area contributed by atoms with Crippen molar-refractivity contribution in [1.82, 2.24) is 0 Å². The van der Waals surface area contributed by atoms with Crippen LogP contribution in [0.5, 0.6) is 17.2 Å². The molecule has 0 aromatic heterocycles. The van der Waals surface area contributed by atoms with Gasteiger partial charge in [-0.1, -0.05) is 24.6 Å². The van der Waals surface area contributed by atoms with E-state index in [1.54, 1.807) is 12.1 Å². The second kappa shape index (κ2) is 10.8. The van der Waals surface area contributed by atoms with E-state index >= 15 is 0 Å². The highest BCUT2D eigenvalue weighted by atomic mass is 16.7. The number of hydrogen-bond acceptors (Lipinski definition) is 8. The van der Waals surface area contributed by atoms with Gasteiger partial charge in [-0.15, -0.1) is 0 Å². The van der Waals surface area contributed by atoms with Crippen LogP contribution in [0.1, 0.15) is 36.8 Å². The normalized spacial score (nSPS) is 30.8. The zero-order valence-corrected chi connectivity index (χ0v) is 18.4. The Morgan fingerprint density at radius 1 is 0.848 bits per heavy atom. The highest BCUT2D eigenvalue weighted by Crippen LogP contribution is 2.33. The van der Waals surface area contributed by atoms with E-state index in [9.17, 15) is 25.5 Å². The molecule has 5 rings (SSSR count). The molecule has 3 heterocycles. The molecule has 2 aromatic rings. The third-order valence-corrected chi connectivity index (χ3v) is 6.35. The summed E-state index contributed by atoms with van der Waals surface area (Å²) >= 11 is 0. The quantitative estimate of drug-likeness (QED) is 0.471. The van der Waals surface area contributed by atoms with E-state index in [-0.39, 0.29) is 11.9 Å². The van der Waals surface area contributed by atoms with E-state index in [4.69, 9.17) is 14.2 Å². The van der Waals surface area contributed by atoms with E-state index in [1.807, 2.05) is 30.3 Å². The highest BCUT2D eigenvalue weighted by Gasteiger charge is 2.44. The van der Waals surface area contributed by atoms with E-state index in [0.29, 0.717) is 30.8 Å². The maximum absolute atomic E-state index is 10.4. The Kier molecular flexibility index (Phi) is 7.85. The summed E-state index contributed by atoms with van der Waals surface area (Å²) in [6, 6.07) is 13.0. The largest absolute Gasteiger partial charge is 0.504 e. The van der Waals surface area contributed by atoms with Crippen LogP contribution < -0.4 is 4.74 Å². The summed E-state index contributed by atoms with van der Waals surface area (Å²) in [7, 11) is 0. The minimum atomic E-state index is -1.47. The molecule has 0 amide bonds. The van der Waals surface area contributed by atoms with Crippen LogP contribution in [0.25, 0.3) is 0 Å². The van der Waals surface area contributed by atoms with E-state index in [2.05, 4.69) is 0 Å². The Bertz CT molecular complexity index is 900. The fourth-order valence-corrected chi connectivity index (χ4v) is 4.33. The van der Waals surface area contributed by atoms with Crippen molar-refractivity contribution >= 4 is 0 Å². The van der Waals surface area contributed by atoms with Crippen molar-refractivity contribution in [3.8, 4) is 17.2 Å². The van der Waals surface area contributed by atoms with Gasteiger partial charge in [-0.3, -0.25) is 0 Å². The van der Waals surface area contributed by atoms with Gasteiger partial charge in [0.15, 0.2) is 17.8 Å². The summed E-state index contributed by atoms with van der Waals surface area (Å²) in [5, 5.41) is 50.1. The van der Waals surface area contributed by atoms with Gasteiger partial charge in [-0.25, -0.2) is 0 Å². The predicted octanol–water partition coefficient (Wildman–Crippen LogP) is 2.03. The number of hydrogen-bond donors (Lipinski definition) is 5. The summed E-state index contributed by atoms with van der Waals surface area (Å²) in [5.41, 5.74) is 2.14. The number of aliphatic hydroxyl groups excluding tert-OH is 4. The van der Waals surface area contributed by atoms with Crippen LogP contribution in [0.3, 0.4) is 0 Å². The average Bonchev–Trinajstić information content (AvgIpc) is 2.83. The van der Waals surface area contributed by atoms with Gasteiger partial charge < -0.3 is 39.7 Å². The topological polar surface area (TPSA) is 129 Å². The lowest BCUT2D eigenvalue weighted by atomic mass is 9.98. The molecule has 1 fully saturated rings. The van der Waals surface area contributed by atoms with Gasteiger partial charge in [-0.05, 0) is 67.5 Å². The molecular weight excluding hydrogens is 428 g/mol. The maximum atomic E-state index is 10.4. The monoisotopic (exact) mass is 460 g/mol. The standard InChI is InChI=1S/C25H32O8/c26-14-21-22(28)23(29)24(30)25(33-21)32-17-4-2-1-3-15-5-9-18(10-6-15)31-20-13-16(7-11-17)8-12-19(20)27/h5-6,8-10,12-13,17,21-30H,1-4,7,11,14H2. The number of aryl methyl sites for hydroxylation is 2. The van der Waals surface area contributed by atoms with Crippen LogP contribution in [0.2, 0.25) is 0 Å². The Hall–Kier alpha value is -2.20. The third-order valence-electron chi connectivity index (χ3n) is 6.35. The van der Waals surface area contributed by atoms with Crippen molar-refractivity contribution < 1.29 is 39.7 Å². The molecule has 0 spiro atoms. The van der Waals surface area contributed by atoms with Crippen LogP contribution in [-0.2, 0) is 22.3 Å². The summed E-state index contributed by atoms with van der Waals surface area (Å²) in [6.07, 6.45) is -2.05. The molecule has 4 bridgehead atoms. The van der Waals surface area contributed by atoms with Gasteiger partial charge in [0.25, 0.3) is 0 Å². The molecule has 0 saturated carbocycles. The minimum Gasteiger partial charge on any atom is -0.504 e. The van der Waals surface area contributed by atoms with Gasteiger partial charge in [0.05, 0.1) is 12.7 Å². The number of ether oxygens (including phenoxy) is 3. The molecule has 8 nitrogen and oxygen atoms in total. The molecule has 6 atom stereocenters. The molecule has 33 heavy (non-hydrogen) atoms. The lowest BCUT2D eigenvalue weighted by Crippen LogP contribution is -2.59. The average molecular weight is 461 g/mol. The van der Waals surface area contributed by atoms with Gasteiger partial charge in [-0.2, -0.15) is 0 Å². The first-order valence-electron chi connectivity index (χ1n) is 11.5. The Labute approximate surface area is 193 Å². The number of aliphatic hydroxyl groups is 4. The number of aromatic hydroxyl groups is 1. The lowest BCUT2D eigenvalue weighted by molar-refractivity contribution is -0.312. The van der Waals surface area contributed by atoms with Crippen molar-refractivity contribution in [1.29, 1.82) is 0 Å². The summed E-state index contributed by atoms with van der Waals surface area (Å²) in [6.45, 7) is -0.496. The molecule has 1 saturated heterocycles. The Morgan fingerprint density at radius 3 is 2.36 bits per heavy atom. The number of phenols is 1. The van der Waals surface area contributed by atoms with Gasteiger partial charge in [0, 0.05) is 0 Å². The maximum Gasteiger partial charge on any atom is 0.186 e. The van der Waals surface area contributed by atoms with Crippen LogP contribution >= 0.6 is 0 Å². The second-order valence-corrected chi connectivity index (χ2v) is 8.79. The highest BCUT2D eigenvalue weighted by molar-refractivity contribution is 5.45. The fraction of sp³-hybridized carbons (Fsp3) is 0.520. The number of rotatable bonds is 3. The zero-order valence-electron chi connectivity index (χ0n) is 18.4. The fourth-order valence-electron chi connectivity index (χ4n) is 4.33. The van der Waals surface area contributed by atoms with Gasteiger partial charge in [0.2, 0.25) is 0 Å². The molecule has 8 heteroatoms. The molecule has 0 radical (unpaired) electrons. The lowest BCUT2D eigenvalue weighted by Gasteiger charge is -2.41. The van der Waals surface area contributed by atoms with Crippen molar-refractivity contribution in [2.75, 3.05) is 6.61 Å². The van der Waals surface area contributed by atoms with Gasteiger partial charge in [0.1, 0.15) is 30.2 Å². The smallest absolute Gasteiger partial charge is 0.186 e. The Balaban J connectivity index is 1.51. The molecule has 5 N–H and O–H groups in total. The van der Waals surface area contributed by atoms with Crippen LogP contribution in [0.4, 0.5) is 0 Å². The van der Waals surface area contributed by atoms with Crippen molar-refractivity contribution in [2.45, 2.75) is 75.3 Å². The van der Waals surface area contributed by atoms with Crippen LogP contribution in [-0.4, -0.2) is 68.9 Å². The molecule has 3 aliphatic heterocycles. The summed E-state index contributed by atoms with van der Waals surface area (Å²) in [5.74, 6) is 1.09. The van der Waals surface area contributed by atoms with Crippen LogP contribution in [0, 0.1) is 0 Å². The molecule has 6 unspecified atom stereocenters. The molecule has 3 aliphatic rings. The molecule has 0 aliphatic carbocycles. The minimum absolute atomic E-state index is 0.0567. The SMILES string of the molecule is OCC1OC(OC2CCCCc3ccc(cc3)Oc3cc(ccc3O)CC2)C(O)C(O)C1O. The Morgan fingerprint density at radius 2 is 1.61 bits per heavy atom.